The smallest absolute Gasteiger partial charge is 0.250 e. The van der Waals surface area contributed by atoms with Crippen LogP contribution in [0.5, 0.6) is 0 Å². The van der Waals surface area contributed by atoms with Crippen molar-refractivity contribution in [3.8, 4) is 0 Å². The van der Waals surface area contributed by atoms with Crippen LogP contribution in [0, 0.1) is 0 Å². The molecular formula is C38H75N5O3. The number of hydrogen-bond acceptors (Lipinski definition) is 5. The largest absolute Gasteiger partial charge is 0.379 e. The summed E-state index contributed by atoms with van der Waals surface area (Å²) < 4.78 is 8.84. The fraction of sp³-hybridized carbons (Fsp3) is 0.711. The molecule has 2 aromatic heterocycles. The predicted molar refractivity (Wildman–Crippen MR) is 202 cm³/mol. The normalized spacial score (nSPS) is 13.7. The average Bonchev–Trinajstić information content (AvgIpc) is 3.63. The van der Waals surface area contributed by atoms with Gasteiger partial charge in [-0.15, -0.1) is 0 Å². The molecule has 1 amide bonds. The van der Waals surface area contributed by atoms with E-state index in [2.05, 4.69) is 44.6 Å². The Morgan fingerprint density at radius 3 is 1.57 bits per heavy atom. The van der Waals surface area contributed by atoms with Crippen molar-refractivity contribution in [3.63, 3.8) is 0 Å². The van der Waals surface area contributed by atoms with Gasteiger partial charge >= 0.3 is 0 Å². The topological polar surface area (TPSA) is 72.6 Å². The van der Waals surface area contributed by atoms with Crippen LogP contribution in [0.3, 0.4) is 0 Å². The number of amides is 1. The minimum absolute atomic E-state index is 0.0671. The Labute approximate surface area is 285 Å². The number of rotatable bonds is 3. The zero-order valence-corrected chi connectivity index (χ0v) is 33.1. The molecule has 270 valence electrons. The lowest BCUT2D eigenvalue weighted by molar-refractivity contribution is -0.130. The molecule has 4 rings (SSSR count). The second-order valence-corrected chi connectivity index (χ2v) is 11.2. The summed E-state index contributed by atoms with van der Waals surface area (Å²) >= 11 is 0. The Morgan fingerprint density at radius 2 is 1.28 bits per heavy atom. The molecule has 2 aliphatic heterocycles. The van der Waals surface area contributed by atoms with Crippen LogP contribution < -0.4 is 5.56 Å². The number of pyridine rings is 1. The number of ether oxygens (including phenoxy) is 1. The zero-order chi connectivity index (χ0) is 36.7. The molecular weight excluding hydrogens is 574 g/mol. The van der Waals surface area contributed by atoms with Gasteiger partial charge in [0.1, 0.15) is 0 Å². The van der Waals surface area contributed by atoms with E-state index < -0.39 is 0 Å². The molecule has 0 saturated carbocycles. The second kappa shape index (κ2) is 32.2. The van der Waals surface area contributed by atoms with Gasteiger partial charge in [0.2, 0.25) is 5.91 Å². The van der Waals surface area contributed by atoms with Gasteiger partial charge in [0, 0.05) is 68.5 Å². The van der Waals surface area contributed by atoms with Gasteiger partial charge in [-0.2, -0.15) is 5.10 Å². The number of aromatic nitrogens is 3. The third-order valence-corrected chi connectivity index (χ3v) is 6.01. The van der Waals surface area contributed by atoms with Gasteiger partial charge in [-0.1, -0.05) is 67.5 Å². The molecule has 0 radical (unpaired) electrons. The summed E-state index contributed by atoms with van der Waals surface area (Å²) in [6.07, 6.45) is 11.1. The first-order valence-corrected chi connectivity index (χ1v) is 17.8. The molecule has 8 nitrogen and oxygen atoms in total. The van der Waals surface area contributed by atoms with Crippen molar-refractivity contribution in [1.82, 2.24) is 24.1 Å². The van der Waals surface area contributed by atoms with E-state index in [0.29, 0.717) is 18.5 Å². The van der Waals surface area contributed by atoms with Gasteiger partial charge in [0.05, 0.1) is 18.8 Å². The number of allylic oxidation sites excluding steroid dienone is 1. The summed E-state index contributed by atoms with van der Waals surface area (Å²) in [6.45, 7) is 38.9. The van der Waals surface area contributed by atoms with Crippen molar-refractivity contribution >= 4 is 5.91 Å². The van der Waals surface area contributed by atoms with Gasteiger partial charge < -0.3 is 14.2 Å². The minimum Gasteiger partial charge on any atom is -0.379 e. The number of hydrogen-bond donors (Lipinski definition) is 0. The van der Waals surface area contributed by atoms with Crippen molar-refractivity contribution in [3.05, 3.63) is 65.5 Å². The van der Waals surface area contributed by atoms with Crippen LogP contribution in [0.25, 0.3) is 0 Å². The lowest BCUT2D eigenvalue weighted by Gasteiger charge is -2.29. The summed E-state index contributed by atoms with van der Waals surface area (Å²) in [5.74, 6) is 0.248. The van der Waals surface area contributed by atoms with Crippen LogP contribution in [-0.4, -0.2) is 68.4 Å². The van der Waals surface area contributed by atoms with Gasteiger partial charge in [-0.25, -0.2) is 0 Å². The highest BCUT2D eigenvalue weighted by molar-refractivity contribution is 5.78. The molecule has 0 atom stereocenters. The Kier molecular flexibility index (Phi) is 35.2. The molecule has 2 aliphatic rings. The van der Waals surface area contributed by atoms with Crippen molar-refractivity contribution in [2.75, 3.05) is 26.3 Å². The van der Waals surface area contributed by atoms with E-state index >= 15 is 0 Å². The maximum absolute atomic E-state index is 11.1. The number of carbonyl (C=O) groups excluding carboxylic acids is 1. The van der Waals surface area contributed by atoms with Crippen molar-refractivity contribution < 1.29 is 9.53 Å². The molecule has 0 aliphatic carbocycles. The Balaban J connectivity index is -0.000000238. The Bertz CT molecular complexity index is 984. The van der Waals surface area contributed by atoms with E-state index in [1.54, 1.807) is 34.0 Å². The Morgan fingerprint density at radius 1 is 0.739 bits per heavy atom. The quantitative estimate of drug-likeness (QED) is 0.331. The fourth-order valence-electron chi connectivity index (χ4n) is 3.69. The SMILES string of the molecule is CC.CC.CC.CC.CC(C)(C)n1cccn1.CC(C)N1C=CCCC1=O.CC(C)N1CCOCC1.CC(C)n1ccccc1=O. The van der Waals surface area contributed by atoms with Gasteiger partial charge in [-0.05, 0) is 80.9 Å². The summed E-state index contributed by atoms with van der Waals surface area (Å²) in [7, 11) is 0. The summed E-state index contributed by atoms with van der Waals surface area (Å²) in [4.78, 5) is 26.3. The summed E-state index contributed by atoms with van der Waals surface area (Å²) in [5.41, 5.74) is 0.196. The maximum atomic E-state index is 11.1. The van der Waals surface area contributed by atoms with E-state index in [9.17, 15) is 9.59 Å². The van der Waals surface area contributed by atoms with Crippen molar-refractivity contribution in [1.29, 1.82) is 0 Å². The molecule has 0 bridgehead atoms. The molecule has 1 fully saturated rings. The van der Waals surface area contributed by atoms with Gasteiger partial charge in [0.15, 0.2) is 0 Å². The maximum Gasteiger partial charge on any atom is 0.250 e. The average molecular weight is 650 g/mol. The van der Waals surface area contributed by atoms with E-state index in [1.165, 1.54) is 0 Å². The van der Waals surface area contributed by atoms with Crippen LogP contribution in [-0.2, 0) is 15.1 Å². The number of morpholine rings is 1. The van der Waals surface area contributed by atoms with E-state index in [1.807, 2.05) is 118 Å². The molecule has 1 saturated heterocycles. The number of carbonyl (C=O) groups is 1. The van der Waals surface area contributed by atoms with Crippen LogP contribution in [0.2, 0.25) is 0 Å². The second-order valence-electron chi connectivity index (χ2n) is 11.2. The zero-order valence-electron chi connectivity index (χ0n) is 33.1. The third kappa shape index (κ3) is 24.5. The lowest BCUT2D eigenvalue weighted by atomic mass is 10.1. The molecule has 46 heavy (non-hydrogen) atoms. The van der Waals surface area contributed by atoms with Crippen LogP contribution >= 0.6 is 0 Å². The predicted octanol–water partition coefficient (Wildman–Crippen LogP) is 9.43. The molecule has 0 aromatic carbocycles. The summed E-state index contributed by atoms with van der Waals surface area (Å²) in [5, 5.41) is 4.10. The third-order valence-electron chi connectivity index (χ3n) is 6.01. The van der Waals surface area contributed by atoms with Gasteiger partial charge in [0.25, 0.3) is 5.56 Å². The first-order chi connectivity index (χ1) is 21.8. The first-order valence-electron chi connectivity index (χ1n) is 17.8. The van der Waals surface area contributed by atoms with Crippen molar-refractivity contribution in [2.45, 2.75) is 154 Å². The van der Waals surface area contributed by atoms with Gasteiger partial charge in [-0.3, -0.25) is 19.2 Å². The first kappa shape index (κ1) is 50.2. The summed E-state index contributed by atoms with van der Waals surface area (Å²) in [6, 6.07) is 8.38. The van der Waals surface area contributed by atoms with Crippen molar-refractivity contribution in [2.24, 2.45) is 0 Å². The molecule has 2 aromatic rings. The van der Waals surface area contributed by atoms with Crippen LogP contribution in [0.1, 0.15) is 137 Å². The van der Waals surface area contributed by atoms with E-state index in [0.717, 1.165) is 32.7 Å². The fourth-order valence-corrected chi connectivity index (χ4v) is 3.69. The van der Waals surface area contributed by atoms with E-state index in [4.69, 9.17) is 4.74 Å². The lowest BCUT2D eigenvalue weighted by Crippen LogP contribution is -2.40. The van der Waals surface area contributed by atoms with Crippen LogP contribution in [0.4, 0.5) is 0 Å². The molecule has 0 spiro atoms. The highest BCUT2D eigenvalue weighted by atomic mass is 16.5. The molecule has 0 N–H and O–H groups in total. The van der Waals surface area contributed by atoms with E-state index in [-0.39, 0.29) is 23.0 Å². The molecule has 8 heteroatoms. The Hall–Kier alpha value is -2.71. The molecule has 4 heterocycles. The highest BCUT2D eigenvalue weighted by Crippen LogP contribution is 2.11. The van der Waals surface area contributed by atoms with Crippen LogP contribution in [0.15, 0.2) is 59.9 Å². The monoisotopic (exact) mass is 650 g/mol. The molecule has 0 unspecified atom stereocenters. The minimum atomic E-state index is 0.0671. The number of nitrogens with zero attached hydrogens (tertiary/aromatic N) is 5. The highest BCUT2D eigenvalue weighted by Gasteiger charge is 2.15. The standard InChI is InChI=1S/C8H13NO.C8H11NO.C7H12N2.C7H15NO.4C2H6/c2*1-7(2)9-6-4-3-5-8(9)10;1-7(2,3)9-6-4-5-8-9;1-7(2)8-3-5-9-6-4-8;4*1-2/h4,6-7H,3,5H2,1-2H3;3-7H,1-2H3;4-6H,1-3H3;7H,3-6H2,1-2H3;4*1-2H3.